The monoisotopic (exact) mass is 378 g/mol. The van der Waals surface area contributed by atoms with Gasteiger partial charge < -0.3 is 15.8 Å². The quantitative estimate of drug-likeness (QED) is 0.613. The lowest BCUT2D eigenvalue weighted by Gasteiger charge is -2.38. The lowest BCUT2D eigenvalue weighted by atomic mass is 9.72. The van der Waals surface area contributed by atoms with Crippen LogP contribution in [0.1, 0.15) is 43.7 Å². The Hall–Kier alpha value is -2.21. The van der Waals surface area contributed by atoms with Crippen molar-refractivity contribution >= 4 is 10.9 Å². The zero-order valence-electron chi connectivity index (χ0n) is 16.7. The highest BCUT2D eigenvalue weighted by Gasteiger charge is 2.32. The van der Waals surface area contributed by atoms with E-state index in [1.807, 2.05) is 16.8 Å². The second-order valence-electron chi connectivity index (χ2n) is 7.80. The van der Waals surface area contributed by atoms with Gasteiger partial charge in [-0.2, -0.15) is 5.10 Å². The maximum Gasteiger partial charge on any atom is 0.0982 e. The van der Waals surface area contributed by atoms with Gasteiger partial charge >= 0.3 is 0 Å². The number of hydrogen-bond acceptors (Lipinski definition) is 4. The zero-order chi connectivity index (χ0) is 19.4. The molecule has 1 aliphatic heterocycles. The van der Waals surface area contributed by atoms with E-state index in [0.29, 0.717) is 6.61 Å². The normalized spacial score (nSPS) is 19.9. The van der Waals surface area contributed by atoms with Gasteiger partial charge in [-0.1, -0.05) is 43.7 Å². The number of aromatic nitrogens is 2. The van der Waals surface area contributed by atoms with E-state index in [9.17, 15) is 0 Å². The minimum absolute atomic E-state index is 0.215. The average molecular weight is 379 g/mol. The third-order valence-electron chi connectivity index (χ3n) is 5.94. The van der Waals surface area contributed by atoms with Crippen LogP contribution in [0.25, 0.3) is 16.6 Å². The molecule has 1 atom stereocenters. The molecule has 0 bridgehead atoms. The van der Waals surface area contributed by atoms with Crippen LogP contribution < -0.4 is 11.1 Å². The first kappa shape index (κ1) is 19.1. The van der Waals surface area contributed by atoms with E-state index < -0.39 is 0 Å². The molecule has 4 rings (SSSR count). The molecule has 1 aliphatic rings. The van der Waals surface area contributed by atoms with Gasteiger partial charge in [0.15, 0.2) is 0 Å². The number of nitrogens with one attached hydrogen (secondary N) is 1. The van der Waals surface area contributed by atoms with E-state index in [-0.39, 0.29) is 12.1 Å². The molecule has 5 heteroatoms. The van der Waals surface area contributed by atoms with Crippen molar-refractivity contribution in [3.05, 3.63) is 59.8 Å². The molecule has 5 nitrogen and oxygen atoms in total. The summed E-state index contributed by atoms with van der Waals surface area (Å²) < 4.78 is 7.35. The van der Waals surface area contributed by atoms with Gasteiger partial charge in [-0.25, -0.2) is 4.68 Å². The molecule has 2 aromatic carbocycles. The van der Waals surface area contributed by atoms with Crippen LogP contribution in [0.5, 0.6) is 0 Å². The fourth-order valence-corrected chi connectivity index (χ4v) is 4.54. The van der Waals surface area contributed by atoms with Crippen LogP contribution in [0, 0.1) is 0 Å². The molecule has 148 valence electrons. The topological polar surface area (TPSA) is 65.1 Å². The number of piperidine rings is 1. The molecule has 1 saturated heterocycles. The maximum atomic E-state index is 5.47. The predicted octanol–water partition coefficient (Wildman–Crippen LogP) is 3.88. The van der Waals surface area contributed by atoms with Crippen LogP contribution in [0.3, 0.4) is 0 Å². The van der Waals surface area contributed by atoms with Crippen molar-refractivity contribution in [2.75, 3.05) is 19.8 Å². The Kier molecular flexibility index (Phi) is 5.76. The first-order chi connectivity index (χ1) is 13.8. The summed E-state index contributed by atoms with van der Waals surface area (Å²) in [4.78, 5) is 0. The molecule has 0 spiro atoms. The van der Waals surface area contributed by atoms with Gasteiger partial charge in [-0.05, 0) is 43.5 Å². The Morgan fingerprint density at radius 2 is 2.07 bits per heavy atom. The third-order valence-corrected chi connectivity index (χ3v) is 5.94. The summed E-state index contributed by atoms with van der Waals surface area (Å²) in [6.07, 6.45) is 7.04. The van der Waals surface area contributed by atoms with Gasteiger partial charge in [0.1, 0.15) is 0 Å². The Labute approximate surface area is 166 Å². The second-order valence-corrected chi connectivity index (χ2v) is 7.80. The summed E-state index contributed by atoms with van der Waals surface area (Å²) >= 11 is 0. The minimum Gasteiger partial charge on any atom is -0.362 e. The van der Waals surface area contributed by atoms with Crippen LogP contribution in [-0.4, -0.2) is 29.6 Å². The molecule has 1 fully saturated rings. The summed E-state index contributed by atoms with van der Waals surface area (Å²) in [5.41, 5.74) is 10.3. The smallest absolute Gasteiger partial charge is 0.0982 e. The highest BCUT2D eigenvalue weighted by Crippen LogP contribution is 2.36. The van der Waals surface area contributed by atoms with Gasteiger partial charge in [0.2, 0.25) is 0 Å². The lowest BCUT2D eigenvalue weighted by molar-refractivity contribution is 0.128. The summed E-state index contributed by atoms with van der Waals surface area (Å²) in [6, 6.07) is 15.2. The Morgan fingerprint density at radius 3 is 2.79 bits per heavy atom. The van der Waals surface area contributed by atoms with Crippen LogP contribution >= 0.6 is 0 Å². The molecule has 0 amide bonds. The maximum absolute atomic E-state index is 5.47. The van der Waals surface area contributed by atoms with Crippen LogP contribution in [0.2, 0.25) is 0 Å². The molecule has 3 N–H and O–H groups in total. The summed E-state index contributed by atoms with van der Waals surface area (Å²) in [5, 5.41) is 9.53. The first-order valence-electron chi connectivity index (χ1n) is 10.3. The lowest BCUT2D eigenvalue weighted by Crippen LogP contribution is -2.43. The van der Waals surface area contributed by atoms with Gasteiger partial charge in [-0.3, -0.25) is 0 Å². The molecule has 3 aromatic rings. The van der Waals surface area contributed by atoms with Crippen LogP contribution in [0.4, 0.5) is 0 Å². The van der Waals surface area contributed by atoms with Crippen molar-refractivity contribution in [1.82, 2.24) is 15.1 Å². The molecule has 1 aromatic heterocycles. The number of benzene rings is 2. The number of nitrogens with two attached hydrogens (primary N) is 1. The largest absolute Gasteiger partial charge is 0.362 e. The summed E-state index contributed by atoms with van der Waals surface area (Å²) in [6.45, 7) is 5.20. The number of fused-ring (bicyclic) bond motifs is 1. The second kappa shape index (κ2) is 8.43. The van der Waals surface area contributed by atoms with E-state index in [2.05, 4.69) is 48.8 Å². The highest BCUT2D eigenvalue weighted by molar-refractivity contribution is 5.81. The Balaban J connectivity index is 1.63. The molecular weight excluding hydrogens is 348 g/mol. The van der Waals surface area contributed by atoms with Crippen LogP contribution in [0.15, 0.2) is 48.7 Å². The van der Waals surface area contributed by atoms with E-state index in [1.165, 1.54) is 31.2 Å². The van der Waals surface area contributed by atoms with Gasteiger partial charge in [-0.15, -0.1) is 0 Å². The molecule has 2 heterocycles. The highest BCUT2D eigenvalue weighted by atomic mass is 16.5. The van der Waals surface area contributed by atoms with Crippen molar-refractivity contribution in [3.8, 4) is 5.69 Å². The number of hydrogen-bond donors (Lipinski definition) is 2. The summed E-state index contributed by atoms with van der Waals surface area (Å²) in [7, 11) is 0. The third kappa shape index (κ3) is 3.70. The molecule has 28 heavy (non-hydrogen) atoms. The van der Waals surface area contributed by atoms with E-state index in [4.69, 9.17) is 15.6 Å². The van der Waals surface area contributed by atoms with E-state index in [1.54, 1.807) is 0 Å². The zero-order valence-corrected chi connectivity index (χ0v) is 16.7. The molecule has 0 saturated carbocycles. The molecule has 0 aliphatic carbocycles. The van der Waals surface area contributed by atoms with Crippen molar-refractivity contribution in [2.45, 2.75) is 44.6 Å². The van der Waals surface area contributed by atoms with Crippen molar-refractivity contribution < 1.29 is 4.74 Å². The van der Waals surface area contributed by atoms with Crippen molar-refractivity contribution in [3.63, 3.8) is 0 Å². The molecular formula is C23H30N4O. The Morgan fingerprint density at radius 1 is 1.21 bits per heavy atom. The molecule has 0 radical (unpaired) electrons. The number of rotatable bonds is 7. The average Bonchev–Trinajstić information content (AvgIpc) is 3.18. The Bertz CT molecular complexity index is 904. The van der Waals surface area contributed by atoms with Crippen molar-refractivity contribution in [2.24, 2.45) is 5.73 Å². The fourth-order valence-electron chi connectivity index (χ4n) is 4.54. The number of ether oxygens (including phenoxy) is 1. The minimum atomic E-state index is 0.215. The van der Waals surface area contributed by atoms with E-state index >= 15 is 0 Å². The van der Waals surface area contributed by atoms with E-state index in [0.717, 1.165) is 35.2 Å². The predicted molar refractivity (Wildman–Crippen MR) is 114 cm³/mol. The first-order valence-corrected chi connectivity index (χ1v) is 10.3. The number of nitrogens with zero attached hydrogens (tertiary/aromatic N) is 2. The standard InChI is InChI=1S/C23H30N4O/c1-2-11-23(12-4-13-25-16-23)20-7-9-21(10-8-20)27-14-18-5-3-6-19(15-28-17-24)22(18)26-27/h3,5-10,14,25H,2,4,11-13,15-17,24H2,1H3/t23-/m1/s1. The molecule has 0 unspecified atom stereocenters. The van der Waals surface area contributed by atoms with Gasteiger partial charge in [0.05, 0.1) is 24.5 Å². The van der Waals surface area contributed by atoms with Crippen molar-refractivity contribution in [1.29, 1.82) is 0 Å². The van der Waals surface area contributed by atoms with Gasteiger partial charge in [0.25, 0.3) is 0 Å². The fraction of sp³-hybridized carbons (Fsp3) is 0.435. The van der Waals surface area contributed by atoms with Gasteiger partial charge in [0, 0.05) is 29.1 Å². The SMILES string of the molecule is CCC[C@@]1(c2ccc(-n3cc4cccc(COCN)c4n3)cc2)CCCNC1. The summed E-state index contributed by atoms with van der Waals surface area (Å²) in [5.74, 6) is 0. The van der Waals surface area contributed by atoms with Crippen LogP contribution in [-0.2, 0) is 16.8 Å².